The van der Waals surface area contributed by atoms with Crippen LogP contribution in [0.15, 0.2) is 170 Å². The average Bonchev–Trinajstić information content (AvgIpc) is 3.36. The van der Waals surface area contributed by atoms with Crippen LogP contribution in [0.3, 0.4) is 0 Å². The lowest BCUT2D eigenvalue weighted by Crippen LogP contribution is -2.14. The summed E-state index contributed by atoms with van der Waals surface area (Å²) in [6.07, 6.45) is 3.26. The van der Waals surface area contributed by atoms with E-state index in [4.69, 9.17) is 5.73 Å². The number of hydrogen-bond donors (Lipinski definition) is 2. The maximum atomic E-state index is 5.70. The van der Waals surface area contributed by atoms with Gasteiger partial charge in [-0.15, -0.1) is 0 Å². The highest BCUT2D eigenvalue weighted by molar-refractivity contribution is 6.19. The van der Waals surface area contributed by atoms with Crippen molar-refractivity contribution in [2.45, 2.75) is 26.2 Å². The van der Waals surface area contributed by atoms with Crippen molar-refractivity contribution in [3.63, 3.8) is 0 Å². The predicted molar refractivity (Wildman–Crippen MR) is 208 cm³/mol. The Hall–Kier alpha value is -5.86. The summed E-state index contributed by atoms with van der Waals surface area (Å²) < 4.78 is 0. The minimum Gasteiger partial charge on any atom is -0.397 e. The number of hydrogen-bond acceptors (Lipinski definition) is 2. The molecule has 0 saturated carbocycles. The number of rotatable bonds is 5. The second-order valence-electron chi connectivity index (χ2n) is 13.0. The lowest BCUT2D eigenvalue weighted by atomic mass is 9.80. The number of anilines is 1. The molecule has 7 aromatic rings. The molecule has 1 aliphatic rings. The first-order valence-corrected chi connectivity index (χ1v) is 16.5. The Kier molecular flexibility index (Phi) is 7.94. The minimum atomic E-state index is -0.00217. The first kappa shape index (κ1) is 30.8. The summed E-state index contributed by atoms with van der Waals surface area (Å²) >= 11 is 0. The summed E-state index contributed by atoms with van der Waals surface area (Å²) in [6.45, 7) is 14.3. The van der Waals surface area contributed by atoms with E-state index in [1.807, 2.05) is 30.3 Å². The van der Waals surface area contributed by atoms with E-state index in [1.54, 1.807) is 12.2 Å². The van der Waals surface area contributed by atoms with Crippen molar-refractivity contribution in [2.24, 2.45) is 5.73 Å². The zero-order valence-electron chi connectivity index (χ0n) is 27.8. The molecule has 48 heavy (non-hydrogen) atoms. The minimum absolute atomic E-state index is 0.00217. The van der Waals surface area contributed by atoms with Crippen LogP contribution >= 0.6 is 0 Å². The third-order valence-electron chi connectivity index (χ3n) is 9.84. The fraction of sp³-hybridized carbons (Fsp3) is 0.0870. The van der Waals surface area contributed by atoms with Gasteiger partial charge in [0.2, 0.25) is 0 Å². The molecule has 0 heterocycles. The van der Waals surface area contributed by atoms with Gasteiger partial charge in [0.15, 0.2) is 0 Å². The maximum Gasteiger partial charge on any atom is 0.0611 e. The Morgan fingerprint density at radius 3 is 1.96 bits per heavy atom. The number of nitrogens with one attached hydrogen (secondary N) is 1. The number of fused-ring (bicyclic) bond motifs is 6. The fourth-order valence-electron chi connectivity index (χ4n) is 7.34. The number of allylic oxidation sites excluding steroid dienone is 2. The molecule has 3 N–H and O–H groups in total. The average molecular weight is 621 g/mol. The third-order valence-corrected chi connectivity index (χ3v) is 9.84. The largest absolute Gasteiger partial charge is 0.397 e. The molecular formula is C46H40N2. The predicted octanol–water partition coefficient (Wildman–Crippen LogP) is 12.1. The molecule has 234 valence electrons. The molecular weight excluding hydrogens is 581 g/mol. The van der Waals surface area contributed by atoms with Gasteiger partial charge in [-0.2, -0.15) is 0 Å². The van der Waals surface area contributed by atoms with Crippen molar-refractivity contribution >= 4 is 38.0 Å². The zero-order valence-corrected chi connectivity index (χ0v) is 27.8. The molecule has 7 aromatic carbocycles. The molecule has 0 aliphatic heterocycles. The molecule has 0 radical (unpaired) electrons. The summed E-state index contributed by atoms with van der Waals surface area (Å²) in [6, 6.07) is 48.1. The third kappa shape index (κ3) is 5.16. The molecule has 0 spiro atoms. The van der Waals surface area contributed by atoms with Crippen LogP contribution in [0, 0.1) is 6.92 Å². The topological polar surface area (TPSA) is 38.0 Å². The lowest BCUT2D eigenvalue weighted by molar-refractivity contribution is 0.661. The molecule has 0 atom stereocenters. The zero-order chi connectivity index (χ0) is 33.4. The van der Waals surface area contributed by atoms with Crippen LogP contribution in [0.4, 0.5) is 5.69 Å². The molecule has 0 bridgehead atoms. The molecule has 8 rings (SSSR count). The molecule has 1 aliphatic carbocycles. The normalized spacial score (nSPS) is 13.2. The number of benzene rings is 7. The smallest absolute Gasteiger partial charge is 0.0611 e. The van der Waals surface area contributed by atoms with E-state index < -0.39 is 0 Å². The van der Waals surface area contributed by atoms with E-state index in [1.165, 1.54) is 71.3 Å². The quantitative estimate of drug-likeness (QED) is 0.148. The summed E-state index contributed by atoms with van der Waals surface area (Å²) in [5.74, 6) is 0. The van der Waals surface area contributed by atoms with Crippen molar-refractivity contribution in [3.05, 3.63) is 187 Å². The number of para-hydroxylation sites is 1. The molecule has 0 aromatic heterocycles. The molecule has 2 nitrogen and oxygen atoms in total. The van der Waals surface area contributed by atoms with Gasteiger partial charge in [-0.1, -0.05) is 136 Å². The highest BCUT2D eigenvalue weighted by atomic mass is 14.9. The Morgan fingerprint density at radius 2 is 1.21 bits per heavy atom. The second kappa shape index (κ2) is 12.4. The van der Waals surface area contributed by atoms with Crippen molar-refractivity contribution in [1.29, 1.82) is 0 Å². The first-order chi connectivity index (χ1) is 23.3. The Balaban J connectivity index is 0.000000221. The van der Waals surface area contributed by atoms with Gasteiger partial charge in [0.05, 0.1) is 11.4 Å². The number of aryl methyl sites for hydroxylation is 1. The highest BCUT2D eigenvalue weighted by Gasteiger charge is 2.36. The summed E-state index contributed by atoms with van der Waals surface area (Å²) in [7, 11) is 0. The van der Waals surface area contributed by atoms with Crippen LogP contribution in [-0.4, -0.2) is 0 Å². The van der Waals surface area contributed by atoms with Gasteiger partial charge >= 0.3 is 0 Å². The maximum absolute atomic E-state index is 5.70. The van der Waals surface area contributed by atoms with Gasteiger partial charge in [-0.05, 0) is 115 Å². The summed E-state index contributed by atoms with van der Waals surface area (Å²) in [5.41, 5.74) is 17.7. The van der Waals surface area contributed by atoms with E-state index >= 15 is 0 Å². The SMILES string of the molecule is C=C/C(N)=C(\C=C)Nc1ccccc1.Cc1c2ccccc2c(-c2cccc3ccccc23)c2cc3c(cc12)C(C)(C)c1ccccc1-3. The van der Waals surface area contributed by atoms with Gasteiger partial charge in [0, 0.05) is 11.1 Å². The van der Waals surface area contributed by atoms with E-state index in [9.17, 15) is 0 Å². The van der Waals surface area contributed by atoms with Crippen molar-refractivity contribution < 1.29 is 0 Å². The van der Waals surface area contributed by atoms with Gasteiger partial charge in [-0.25, -0.2) is 0 Å². The standard InChI is InChI=1S/C34H26.C12H14N2/c1-21-23-13-6-7-16-26(23)33(27-17-10-12-22-11-4-5-14-24(22)27)30-19-29-25-15-8-9-18-31(25)34(2,3)32(29)20-28(21)30;1-3-11(13)12(4-2)14-10-8-6-5-7-9-10/h4-20H,1-3H3;3-9,14H,1-2,13H2/b;12-11-. The monoisotopic (exact) mass is 620 g/mol. The molecule has 0 fully saturated rings. The van der Waals surface area contributed by atoms with Crippen molar-refractivity contribution in [1.82, 2.24) is 0 Å². The van der Waals surface area contributed by atoms with Gasteiger partial charge in [0.1, 0.15) is 0 Å². The second-order valence-corrected chi connectivity index (χ2v) is 13.0. The van der Waals surface area contributed by atoms with Crippen LogP contribution in [-0.2, 0) is 5.41 Å². The van der Waals surface area contributed by atoms with Gasteiger partial charge in [0.25, 0.3) is 0 Å². The lowest BCUT2D eigenvalue weighted by Gasteiger charge is -2.23. The molecule has 0 unspecified atom stereocenters. The van der Waals surface area contributed by atoms with Crippen molar-refractivity contribution in [3.8, 4) is 22.3 Å². The Bertz CT molecular complexity index is 2390. The number of nitrogens with two attached hydrogens (primary N) is 1. The van der Waals surface area contributed by atoms with Gasteiger partial charge in [-0.3, -0.25) is 0 Å². The summed E-state index contributed by atoms with van der Waals surface area (Å²) in [5, 5.41) is 11.1. The van der Waals surface area contributed by atoms with Crippen LogP contribution < -0.4 is 11.1 Å². The highest BCUT2D eigenvalue weighted by Crippen LogP contribution is 2.52. The van der Waals surface area contributed by atoms with E-state index in [-0.39, 0.29) is 5.41 Å². The summed E-state index contributed by atoms with van der Waals surface area (Å²) in [4.78, 5) is 0. The van der Waals surface area contributed by atoms with E-state index in [2.05, 4.69) is 142 Å². The fourth-order valence-corrected chi connectivity index (χ4v) is 7.34. The van der Waals surface area contributed by atoms with E-state index in [0.29, 0.717) is 5.70 Å². The van der Waals surface area contributed by atoms with Crippen LogP contribution in [0.2, 0.25) is 0 Å². The first-order valence-electron chi connectivity index (χ1n) is 16.5. The van der Waals surface area contributed by atoms with Crippen LogP contribution in [0.5, 0.6) is 0 Å². The Labute approximate surface area is 283 Å². The van der Waals surface area contributed by atoms with Gasteiger partial charge < -0.3 is 11.1 Å². The van der Waals surface area contributed by atoms with E-state index in [0.717, 1.165) is 11.4 Å². The molecule has 0 saturated heterocycles. The van der Waals surface area contributed by atoms with Crippen LogP contribution in [0.1, 0.15) is 30.5 Å². The molecule has 0 amide bonds. The molecule has 2 heteroatoms. The van der Waals surface area contributed by atoms with Crippen molar-refractivity contribution in [2.75, 3.05) is 5.32 Å². The van der Waals surface area contributed by atoms with Crippen LogP contribution in [0.25, 0.3) is 54.6 Å². The Morgan fingerprint density at radius 1 is 0.583 bits per heavy atom.